The van der Waals surface area contributed by atoms with Crippen LogP contribution in [0.1, 0.15) is 33.1 Å². The molecule has 0 unspecified atom stereocenters. The quantitative estimate of drug-likeness (QED) is 0.396. The Kier molecular flexibility index (Phi) is 7.97. The van der Waals surface area contributed by atoms with E-state index in [1.807, 2.05) is 31.7 Å². The Balaban J connectivity index is 2.59. The summed E-state index contributed by atoms with van der Waals surface area (Å²) in [4.78, 5) is 10.6. The van der Waals surface area contributed by atoms with Crippen molar-refractivity contribution in [3.05, 3.63) is 28.3 Å². The number of hydrogen-bond donors (Lipinski definition) is 1. The number of anilines is 1. The predicted octanol–water partition coefficient (Wildman–Crippen LogP) is 4.33. The van der Waals surface area contributed by atoms with E-state index >= 15 is 0 Å². The summed E-state index contributed by atoms with van der Waals surface area (Å²) in [6, 6.07) is 4.83. The minimum atomic E-state index is -0.392. The average Bonchev–Trinajstić information content (AvgIpc) is 2.41. The van der Waals surface area contributed by atoms with Crippen LogP contribution in [0.25, 0.3) is 0 Å². The molecule has 0 aromatic heterocycles. The molecule has 0 saturated heterocycles. The van der Waals surface area contributed by atoms with Gasteiger partial charge in [-0.3, -0.25) is 10.1 Å². The molecule has 0 bridgehead atoms. The van der Waals surface area contributed by atoms with Crippen molar-refractivity contribution in [2.75, 3.05) is 23.9 Å². The summed E-state index contributed by atoms with van der Waals surface area (Å²) in [5.41, 5.74) is 0.794. The third-order valence-corrected chi connectivity index (χ3v) is 3.53. The Morgan fingerprint density at radius 3 is 2.67 bits per heavy atom. The summed E-state index contributed by atoms with van der Waals surface area (Å²) >= 11 is 1.86. The van der Waals surface area contributed by atoms with E-state index in [9.17, 15) is 10.1 Å². The average molecular weight is 312 g/mol. The van der Waals surface area contributed by atoms with Crippen molar-refractivity contribution in [1.29, 1.82) is 0 Å². The van der Waals surface area contributed by atoms with Gasteiger partial charge in [0, 0.05) is 24.4 Å². The molecule has 0 aliphatic heterocycles. The molecule has 0 atom stereocenters. The number of nitro benzene ring substituents is 1. The number of nitrogens with zero attached hydrogens (tertiary/aromatic N) is 1. The van der Waals surface area contributed by atoms with E-state index in [0.29, 0.717) is 5.75 Å². The molecule has 0 amide bonds. The lowest BCUT2D eigenvalue weighted by atomic mass is 10.2. The van der Waals surface area contributed by atoms with Gasteiger partial charge < -0.3 is 10.1 Å². The van der Waals surface area contributed by atoms with Gasteiger partial charge in [-0.2, -0.15) is 11.8 Å². The van der Waals surface area contributed by atoms with Crippen LogP contribution in [0.15, 0.2) is 18.2 Å². The molecular formula is C15H24N2O3S. The minimum absolute atomic E-state index is 0.00796. The molecule has 0 saturated carbocycles. The highest BCUT2D eigenvalue weighted by Gasteiger charge is 2.11. The molecule has 0 spiro atoms. The molecule has 6 heteroatoms. The van der Waals surface area contributed by atoms with E-state index in [-0.39, 0.29) is 11.8 Å². The van der Waals surface area contributed by atoms with E-state index in [0.717, 1.165) is 25.1 Å². The van der Waals surface area contributed by atoms with E-state index in [1.165, 1.54) is 18.2 Å². The fourth-order valence-electron chi connectivity index (χ4n) is 1.91. The first-order chi connectivity index (χ1) is 10.0. The van der Waals surface area contributed by atoms with Gasteiger partial charge in [0.15, 0.2) is 0 Å². The molecule has 0 radical (unpaired) electrons. The summed E-state index contributed by atoms with van der Waals surface area (Å²) in [7, 11) is 0. The van der Waals surface area contributed by atoms with Crippen LogP contribution in [0.2, 0.25) is 0 Å². The second kappa shape index (κ2) is 9.50. The topological polar surface area (TPSA) is 64.4 Å². The molecule has 0 heterocycles. The zero-order chi connectivity index (χ0) is 15.7. The standard InChI is InChI=1S/C15H24N2O3S/c1-12(2)20-15-10-13(9-14(11-15)17(18)19)16-7-5-4-6-8-21-3/h9-12,16H,4-8H2,1-3H3. The van der Waals surface area contributed by atoms with Crippen LogP contribution < -0.4 is 10.1 Å². The summed E-state index contributed by atoms with van der Waals surface area (Å²) < 4.78 is 5.56. The summed E-state index contributed by atoms with van der Waals surface area (Å²) in [6.07, 6.45) is 5.53. The van der Waals surface area contributed by atoms with Crippen LogP contribution >= 0.6 is 11.8 Å². The van der Waals surface area contributed by atoms with Crippen LogP contribution in [-0.2, 0) is 0 Å². The Bertz CT molecular complexity index is 453. The lowest BCUT2D eigenvalue weighted by molar-refractivity contribution is -0.384. The van der Waals surface area contributed by atoms with Gasteiger partial charge in [0.25, 0.3) is 5.69 Å². The third-order valence-electron chi connectivity index (χ3n) is 2.83. The number of ether oxygens (including phenoxy) is 1. The fourth-order valence-corrected chi connectivity index (χ4v) is 2.40. The van der Waals surface area contributed by atoms with Gasteiger partial charge in [0.1, 0.15) is 5.75 Å². The third kappa shape index (κ3) is 7.22. The molecule has 1 rings (SSSR count). The van der Waals surface area contributed by atoms with Gasteiger partial charge in [0.05, 0.1) is 17.1 Å². The Labute approximate surface area is 130 Å². The van der Waals surface area contributed by atoms with Gasteiger partial charge >= 0.3 is 0 Å². The van der Waals surface area contributed by atoms with Gasteiger partial charge in [0.2, 0.25) is 0 Å². The van der Waals surface area contributed by atoms with Crippen molar-refractivity contribution in [3.8, 4) is 5.75 Å². The monoisotopic (exact) mass is 312 g/mol. The van der Waals surface area contributed by atoms with Crippen molar-refractivity contribution >= 4 is 23.1 Å². The van der Waals surface area contributed by atoms with Gasteiger partial charge in [-0.05, 0) is 38.7 Å². The molecule has 5 nitrogen and oxygen atoms in total. The van der Waals surface area contributed by atoms with Crippen LogP contribution in [0.4, 0.5) is 11.4 Å². The van der Waals surface area contributed by atoms with Crippen molar-refractivity contribution in [2.45, 2.75) is 39.2 Å². The van der Waals surface area contributed by atoms with Gasteiger partial charge in [-0.15, -0.1) is 0 Å². The zero-order valence-electron chi connectivity index (χ0n) is 12.9. The number of rotatable bonds is 10. The Hall–Kier alpha value is -1.43. The van der Waals surface area contributed by atoms with Crippen LogP contribution in [-0.4, -0.2) is 29.6 Å². The smallest absolute Gasteiger partial charge is 0.275 e. The van der Waals surface area contributed by atoms with E-state index < -0.39 is 4.92 Å². The first-order valence-corrected chi connectivity index (χ1v) is 8.61. The SMILES string of the molecule is CSCCCCCNc1cc(OC(C)C)cc([N+](=O)[O-])c1. The maximum Gasteiger partial charge on any atom is 0.275 e. The number of nitrogens with one attached hydrogen (secondary N) is 1. The normalized spacial score (nSPS) is 10.7. The second-order valence-electron chi connectivity index (χ2n) is 5.12. The second-order valence-corrected chi connectivity index (χ2v) is 6.11. The summed E-state index contributed by atoms with van der Waals surface area (Å²) in [5.74, 6) is 1.72. The van der Waals surface area contributed by atoms with Gasteiger partial charge in [-0.25, -0.2) is 0 Å². The summed E-state index contributed by atoms with van der Waals surface area (Å²) in [5, 5.41) is 14.2. The van der Waals surface area contributed by atoms with Crippen LogP contribution in [0, 0.1) is 10.1 Å². The Morgan fingerprint density at radius 2 is 2.05 bits per heavy atom. The predicted molar refractivity (Wildman–Crippen MR) is 89.6 cm³/mol. The summed E-state index contributed by atoms with van der Waals surface area (Å²) in [6.45, 7) is 4.62. The zero-order valence-corrected chi connectivity index (χ0v) is 13.7. The lowest BCUT2D eigenvalue weighted by Crippen LogP contribution is -2.07. The van der Waals surface area contributed by atoms with Crippen LogP contribution in [0.5, 0.6) is 5.75 Å². The van der Waals surface area contributed by atoms with E-state index in [2.05, 4.69) is 11.6 Å². The Morgan fingerprint density at radius 1 is 1.29 bits per heavy atom. The largest absolute Gasteiger partial charge is 0.491 e. The van der Waals surface area contributed by atoms with Crippen LogP contribution in [0.3, 0.4) is 0 Å². The molecule has 21 heavy (non-hydrogen) atoms. The first kappa shape index (κ1) is 17.6. The molecule has 1 N–H and O–H groups in total. The number of nitro groups is 1. The highest BCUT2D eigenvalue weighted by atomic mass is 32.2. The molecule has 0 aliphatic carbocycles. The number of benzene rings is 1. The number of unbranched alkanes of at least 4 members (excludes halogenated alkanes) is 2. The number of non-ortho nitro benzene ring substituents is 1. The fraction of sp³-hybridized carbons (Fsp3) is 0.600. The van der Waals surface area contributed by atoms with E-state index in [1.54, 1.807) is 6.07 Å². The first-order valence-electron chi connectivity index (χ1n) is 7.22. The molecular weight excluding hydrogens is 288 g/mol. The molecule has 0 aliphatic rings. The lowest BCUT2D eigenvalue weighted by Gasteiger charge is -2.12. The molecule has 0 fully saturated rings. The molecule has 1 aromatic carbocycles. The molecule has 118 valence electrons. The van der Waals surface area contributed by atoms with Crippen molar-refractivity contribution in [1.82, 2.24) is 0 Å². The molecule has 1 aromatic rings. The number of thioether (sulfide) groups is 1. The minimum Gasteiger partial charge on any atom is -0.491 e. The van der Waals surface area contributed by atoms with Crippen molar-refractivity contribution in [3.63, 3.8) is 0 Å². The highest BCUT2D eigenvalue weighted by molar-refractivity contribution is 7.98. The number of hydrogen-bond acceptors (Lipinski definition) is 5. The van der Waals surface area contributed by atoms with Crippen molar-refractivity contribution < 1.29 is 9.66 Å². The van der Waals surface area contributed by atoms with Crippen molar-refractivity contribution in [2.24, 2.45) is 0 Å². The maximum atomic E-state index is 11.0. The van der Waals surface area contributed by atoms with E-state index in [4.69, 9.17) is 4.74 Å². The maximum absolute atomic E-state index is 11.0. The van der Waals surface area contributed by atoms with Gasteiger partial charge in [-0.1, -0.05) is 6.42 Å². The highest BCUT2D eigenvalue weighted by Crippen LogP contribution is 2.26.